The van der Waals surface area contributed by atoms with Gasteiger partial charge < -0.3 is 10.2 Å². The van der Waals surface area contributed by atoms with E-state index in [1.54, 1.807) is 0 Å². The van der Waals surface area contributed by atoms with Crippen LogP contribution in [0.2, 0.25) is 0 Å². The van der Waals surface area contributed by atoms with E-state index in [-0.39, 0.29) is 6.04 Å². The van der Waals surface area contributed by atoms with Gasteiger partial charge in [-0.1, -0.05) is 25.8 Å². The number of rotatable bonds is 3. The lowest BCUT2D eigenvalue weighted by atomic mass is 9.94. The predicted molar refractivity (Wildman–Crippen MR) is 70.8 cm³/mol. The van der Waals surface area contributed by atoms with Gasteiger partial charge in [-0.15, -0.1) is 0 Å². The molecule has 1 aliphatic carbocycles. The van der Waals surface area contributed by atoms with E-state index in [4.69, 9.17) is 10.2 Å². The zero-order chi connectivity index (χ0) is 12.1. The third kappa shape index (κ3) is 3.22. The molecule has 94 valence electrons. The van der Waals surface area contributed by atoms with Crippen molar-refractivity contribution in [3.8, 4) is 0 Å². The second-order valence-corrected chi connectivity index (χ2v) is 4.87. The van der Waals surface area contributed by atoms with Gasteiger partial charge in [-0.25, -0.2) is 0 Å². The van der Waals surface area contributed by atoms with E-state index in [1.807, 2.05) is 12.1 Å². The first-order valence-electron chi connectivity index (χ1n) is 6.84. The molecule has 0 saturated carbocycles. The second kappa shape index (κ2) is 6.06. The summed E-state index contributed by atoms with van der Waals surface area (Å²) in [4.78, 5) is 0. The highest BCUT2D eigenvalue weighted by molar-refractivity contribution is 5.22. The first kappa shape index (κ1) is 12.4. The molecule has 2 heteroatoms. The van der Waals surface area contributed by atoms with Crippen LogP contribution in [0.15, 0.2) is 28.2 Å². The molecular weight excluding hydrogens is 210 g/mol. The van der Waals surface area contributed by atoms with Crippen LogP contribution in [0.4, 0.5) is 0 Å². The maximum Gasteiger partial charge on any atom is 0.125 e. The number of furan rings is 1. The molecule has 1 heterocycles. The van der Waals surface area contributed by atoms with Gasteiger partial charge in [-0.05, 0) is 43.4 Å². The summed E-state index contributed by atoms with van der Waals surface area (Å²) in [6.45, 7) is 2.10. The van der Waals surface area contributed by atoms with Crippen molar-refractivity contribution in [3.63, 3.8) is 0 Å². The maximum absolute atomic E-state index is 6.30. The number of aryl methyl sites for hydroxylation is 1. The summed E-state index contributed by atoms with van der Waals surface area (Å²) in [7, 11) is 0. The summed E-state index contributed by atoms with van der Waals surface area (Å²) < 4.78 is 5.75. The highest BCUT2D eigenvalue weighted by Crippen LogP contribution is 2.28. The summed E-state index contributed by atoms with van der Waals surface area (Å²) in [5.41, 5.74) is 7.66. The number of hydrogen-bond donors (Lipinski definition) is 1. The first-order valence-corrected chi connectivity index (χ1v) is 6.84. The Morgan fingerprint density at radius 2 is 2.06 bits per heavy atom. The molecule has 2 rings (SSSR count). The van der Waals surface area contributed by atoms with E-state index in [2.05, 4.69) is 13.0 Å². The van der Waals surface area contributed by atoms with Crippen LogP contribution in [0.3, 0.4) is 0 Å². The second-order valence-electron chi connectivity index (χ2n) is 4.87. The lowest BCUT2D eigenvalue weighted by Crippen LogP contribution is -2.13. The third-order valence-electron chi connectivity index (χ3n) is 3.56. The van der Waals surface area contributed by atoms with E-state index < -0.39 is 0 Å². The van der Waals surface area contributed by atoms with Gasteiger partial charge >= 0.3 is 0 Å². The molecule has 2 nitrogen and oxygen atoms in total. The summed E-state index contributed by atoms with van der Waals surface area (Å²) in [5.74, 6) is 1.95. The molecule has 0 aliphatic heterocycles. The Hall–Kier alpha value is -1.02. The van der Waals surface area contributed by atoms with E-state index >= 15 is 0 Å². The molecule has 1 atom stereocenters. The highest BCUT2D eigenvalue weighted by Gasteiger charge is 2.16. The smallest absolute Gasteiger partial charge is 0.125 e. The van der Waals surface area contributed by atoms with Gasteiger partial charge in [0.1, 0.15) is 11.5 Å². The zero-order valence-electron chi connectivity index (χ0n) is 10.7. The van der Waals surface area contributed by atoms with Crippen molar-refractivity contribution >= 4 is 0 Å². The molecule has 0 aromatic carbocycles. The van der Waals surface area contributed by atoms with Crippen LogP contribution in [-0.2, 0) is 6.42 Å². The Bertz CT molecular complexity index is 378. The zero-order valence-corrected chi connectivity index (χ0v) is 10.7. The van der Waals surface area contributed by atoms with Gasteiger partial charge in [-0.3, -0.25) is 0 Å². The summed E-state index contributed by atoms with van der Waals surface area (Å²) in [6.07, 6.45) is 10.8. The third-order valence-corrected chi connectivity index (χ3v) is 3.56. The molecule has 17 heavy (non-hydrogen) atoms. The number of nitrogens with two attached hydrogens (primary N) is 1. The van der Waals surface area contributed by atoms with Crippen LogP contribution < -0.4 is 5.73 Å². The number of allylic oxidation sites excluding steroid dienone is 1. The van der Waals surface area contributed by atoms with Gasteiger partial charge in [0.2, 0.25) is 0 Å². The Morgan fingerprint density at radius 3 is 2.82 bits per heavy atom. The van der Waals surface area contributed by atoms with Gasteiger partial charge in [-0.2, -0.15) is 0 Å². The minimum absolute atomic E-state index is 0.0339. The Morgan fingerprint density at radius 1 is 1.24 bits per heavy atom. The predicted octanol–water partition coefficient (Wildman–Crippen LogP) is 4.12. The average molecular weight is 233 g/mol. The van der Waals surface area contributed by atoms with Gasteiger partial charge in [0.25, 0.3) is 0 Å². The van der Waals surface area contributed by atoms with Crippen LogP contribution in [0, 0.1) is 0 Å². The Labute approximate surface area is 104 Å². The maximum atomic E-state index is 6.30. The Kier molecular flexibility index (Phi) is 4.43. The van der Waals surface area contributed by atoms with Gasteiger partial charge in [0, 0.05) is 6.42 Å². The van der Waals surface area contributed by atoms with Crippen molar-refractivity contribution < 1.29 is 4.42 Å². The van der Waals surface area contributed by atoms with Gasteiger partial charge in [0.05, 0.1) is 6.04 Å². The minimum Gasteiger partial charge on any atom is -0.464 e. The van der Waals surface area contributed by atoms with Crippen molar-refractivity contribution in [1.29, 1.82) is 0 Å². The lowest BCUT2D eigenvalue weighted by molar-refractivity contribution is 0.445. The van der Waals surface area contributed by atoms with Crippen molar-refractivity contribution in [2.45, 2.75) is 57.9 Å². The molecule has 0 amide bonds. The molecular formula is C15H23NO. The topological polar surface area (TPSA) is 39.2 Å². The molecule has 1 aromatic heterocycles. The standard InChI is InChI=1S/C15H23NO/c1-2-13-10-11-14(17-13)15(16)12-8-6-4-3-5-7-9-12/h8,10-11,15H,2-7,9,16H2,1H3/b12-8+. The van der Waals surface area contributed by atoms with Crippen molar-refractivity contribution in [1.82, 2.24) is 0 Å². The average Bonchev–Trinajstić information content (AvgIpc) is 2.76. The molecule has 0 spiro atoms. The normalized spacial score (nSPS) is 22.4. The largest absolute Gasteiger partial charge is 0.464 e. The van der Waals surface area contributed by atoms with E-state index in [9.17, 15) is 0 Å². The quantitative estimate of drug-likeness (QED) is 0.797. The fourth-order valence-corrected chi connectivity index (χ4v) is 2.43. The van der Waals surface area contributed by atoms with E-state index in [0.717, 1.165) is 24.4 Å². The van der Waals surface area contributed by atoms with Crippen LogP contribution >= 0.6 is 0 Å². The first-order chi connectivity index (χ1) is 8.31. The molecule has 2 N–H and O–H groups in total. The van der Waals surface area contributed by atoms with Crippen molar-refractivity contribution in [2.75, 3.05) is 0 Å². The summed E-state index contributed by atoms with van der Waals surface area (Å²) >= 11 is 0. The van der Waals surface area contributed by atoms with Crippen LogP contribution in [0.1, 0.15) is 63.0 Å². The van der Waals surface area contributed by atoms with Crippen molar-refractivity contribution in [2.24, 2.45) is 5.73 Å². The van der Waals surface area contributed by atoms with Crippen LogP contribution in [-0.4, -0.2) is 0 Å². The summed E-state index contributed by atoms with van der Waals surface area (Å²) in [5, 5.41) is 0. The summed E-state index contributed by atoms with van der Waals surface area (Å²) in [6, 6.07) is 4.04. The fraction of sp³-hybridized carbons (Fsp3) is 0.600. The Balaban J connectivity index is 2.08. The highest BCUT2D eigenvalue weighted by atomic mass is 16.3. The molecule has 1 unspecified atom stereocenters. The number of hydrogen-bond acceptors (Lipinski definition) is 2. The lowest BCUT2D eigenvalue weighted by Gasteiger charge is -2.16. The van der Waals surface area contributed by atoms with Crippen LogP contribution in [0.25, 0.3) is 0 Å². The molecule has 0 radical (unpaired) electrons. The van der Waals surface area contributed by atoms with E-state index in [0.29, 0.717) is 0 Å². The molecule has 1 aromatic rings. The molecule has 0 bridgehead atoms. The van der Waals surface area contributed by atoms with Gasteiger partial charge in [0.15, 0.2) is 0 Å². The van der Waals surface area contributed by atoms with Crippen molar-refractivity contribution in [3.05, 3.63) is 35.3 Å². The molecule has 0 saturated heterocycles. The fourth-order valence-electron chi connectivity index (χ4n) is 2.43. The van der Waals surface area contributed by atoms with Crippen LogP contribution in [0.5, 0.6) is 0 Å². The van der Waals surface area contributed by atoms with E-state index in [1.165, 1.54) is 37.7 Å². The monoisotopic (exact) mass is 233 g/mol. The molecule has 1 aliphatic rings. The minimum atomic E-state index is -0.0339. The molecule has 0 fully saturated rings. The SMILES string of the molecule is CCc1ccc(C(N)/C2=C/CCCCCC2)o1.